The van der Waals surface area contributed by atoms with E-state index in [1.54, 1.807) is 13.2 Å². The Morgan fingerprint density at radius 3 is 2.25 bits per heavy atom. The van der Waals surface area contributed by atoms with Crippen molar-refractivity contribution in [3.05, 3.63) is 41.5 Å². The Balaban J connectivity index is 1.73. The largest absolute Gasteiger partial charge is 0.492 e. The molecule has 0 radical (unpaired) electrons. The molecular weight excluding hydrogens is 408 g/mol. The number of amides is 1. The summed E-state index contributed by atoms with van der Waals surface area (Å²) in [6, 6.07) is 9.43. The predicted molar refractivity (Wildman–Crippen MR) is 122 cm³/mol. The molecule has 1 aliphatic heterocycles. The monoisotopic (exact) mass is 440 g/mol. The van der Waals surface area contributed by atoms with Gasteiger partial charge in [0.1, 0.15) is 5.75 Å². The van der Waals surface area contributed by atoms with Gasteiger partial charge < -0.3 is 29.6 Å². The number of likely N-dealkylation sites (tertiary alicyclic amines) is 1. The highest BCUT2D eigenvalue weighted by atomic mass is 16.5. The van der Waals surface area contributed by atoms with Crippen LogP contribution in [0.2, 0.25) is 0 Å². The summed E-state index contributed by atoms with van der Waals surface area (Å²) < 4.78 is 23.0. The van der Waals surface area contributed by atoms with Crippen molar-refractivity contribution in [3.63, 3.8) is 0 Å². The van der Waals surface area contributed by atoms with E-state index in [0.29, 0.717) is 40.9 Å². The van der Waals surface area contributed by atoms with E-state index in [-0.39, 0.29) is 11.4 Å². The third kappa shape index (κ3) is 4.09. The molecule has 7 nitrogen and oxygen atoms in total. The maximum Gasteiger partial charge on any atom is 0.258 e. The lowest BCUT2D eigenvalue weighted by Gasteiger charge is -2.36. The number of rotatable bonds is 8. The zero-order valence-corrected chi connectivity index (χ0v) is 19.1. The molecule has 2 aliphatic rings. The average molecular weight is 441 g/mol. The molecule has 0 atom stereocenters. The van der Waals surface area contributed by atoms with Gasteiger partial charge in [-0.05, 0) is 62.8 Å². The number of carbonyl (C=O) groups is 1. The fourth-order valence-electron chi connectivity index (χ4n) is 4.66. The lowest BCUT2D eigenvalue weighted by Crippen LogP contribution is -2.45. The number of benzene rings is 2. The molecule has 1 heterocycles. The second-order valence-corrected chi connectivity index (χ2v) is 8.44. The Morgan fingerprint density at radius 1 is 0.969 bits per heavy atom. The van der Waals surface area contributed by atoms with Crippen LogP contribution in [0.25, 0.3) is 0 Å². The van der Waals surface area contributed by atoms with Crippen LogP contribution in [0.1, 0.15) is 48.0 Å². The molecule has 0 aromatic heterocycles. The Bertz CT molecular complexity index is 969. The first-order chi connectivity index (χ1) is 15.6. The Morgan fingerprint density at radius 2 is 1.66 bits per heavy atom. The molecule has 1 saturated heterocycles. The van der Waals surface area contributed by atoms with Gasteiger partial charge in [0, 0.05) is 18.2 Å². The number of hydrogen-bond donors (Lipinski definition) is 1. The summed E-state index contributed by atoms with van der Waals surface area (Å²) in [6.07, 6.45) is 6.17. The number of methoxy groups -OCH3 is 3. The van der Waals surface area contributed by atoms with Crippen LogP contribution in [0, 0.1) is 0 Å². The van der Waals surface area contributed by atoms with Gasteiger partial charge in [-0.15, -0.1) is 0 Å². The van der Waals surface area contributed by atoms with Gasteiger partial charge in [-0.1, -0.05) is 12.1 Å². The van der Waals surface area contributed by atoms with Crippen molar-refractivity contribution in [2.24, 2.45) is 5.73 Å². The fraction of sp³-hybridized carbons (Fsp3) is 0.480. The SMILES string of the molecule is COc1c(Oc2ccc(CCN)cc2)cc(C(=O)N2CCCCC23CC3)c(OC)c1OC. The molecule has 172 valence electrons. The van der Waals surface area contributed by atoms with Gasteiger partial charge in [-0.25, -0.2) is 0 Å². The smallest absolute Gasteiger partial charge is 0.258 e. The van der Waals surface area contributed by atoms with Crippen molar-refractivity contribution in [1.29, 1.82) is 0 Å². The average Bonchev–Trinajstić information content (AvgIpc) is 3.58. The van der Waals surface area contributed by atoms with Gasteiger partial charge in [0.2, 0.25) is 11.5 Å². The van der Waals surface area contributed by atoms with Crippen LogP contribution in [0.4, 0.5) is 0 Å². The Kier molecular flexibility index (Phi) is 6.46. The second-order valence-electron chi connectivity index (χ2n) is 8.44. The van der Waals surface area contributed by atoms with Crippen LogP contribution in [-0.2, 0) is 6.42 Å². The van der Waals surface area contributed by atoms with E-state index in [4.69, 9.17) is 24.7 Å². The molecule has 2 aromatic rings. The van der Waals surface area contributed by atoms with Gasteiger partial charge in [-0.2, -0.15) is 0 Å². The normalized spacial score (nSPS) is 16.6. The highest BCUT2D eigenvalue weighted by Gasteiger charge is 2.51. The van der Waals surface area contributed by atoms with E-state index in [2.05, 4.69) is 0 Å². The van der Waals surface area contributed by atoms with Crippen LogP contribution >= 0.6 is 0 Å². The first kappa shape index (κ1) is 22.3. The molecule has 32 heavy (non-hydrogen) atoms. The third-order valence-electron chi connectivity index (χ3n) is 6.50. The van der Waals surface area contributed by atoms with Gasteiger partial charge in [0.25, 0.3) is 5.91 Å². The molecular formula is C25H32N2O5. The van der Waals surface area contributed by atoms with Crippen molar-refractivity contribution >= 4 is 5.91 Å². The summed E-state index contributed by atoms with van der Waals surface area (Å²) in [4.78, 5) is 15.7. The van der Waals surface area contributed by atoms with E-state index in [1.165, 1.54) is 20.6 Å². The number of ether oxygens (including phenoxy) is 4. The van der Waals surface area contributed by atoms with E-state index in [9.17, 15) is 4.79 Å². The van der Waals surface area contributed by atoms with Crippen LogP contribution < -0.4 is 24.7 Å². The fourth-order valence-corrected chi connectivity index (χ4v) is 4.66. The van der Waals surface area contributed by atoms with E-state index < -0.39 is 0 Å². The predicted octanol–water partition coefficient (Wildman–Crippen LogP) is 4.16. The van der Waals surface area contributed by atoms with Crippen molar-refractivity contribution in [2.45, 2.75) is 44.1 Å². The third-order valence-corrected chi connectivity index (χ3v) is 6.50. The topological polar surface area (TPSA) is 83.3 Å². The lowest BCUT2D eigenvalue weighted by atomic mass is 9.98. The number of carbonyl (C=O) groups excluding carboxylic acids is 1. The summed E-state index contributed by atoms with van der Waals surface area (Å²) in [5.41, 5.74) is 7.21. The minimum atomic E-state index is -0.0526. The van der Waals surface area contributed by atoms with E-state index in [0.717, 1.165) is 44.2 Å². The molecule has 7 heteroatoms. The van der Waals surface area contributed by atoms with Crippen LogP contribution in [0.5, 0.6) is 28.7 Å². The number of piperidine rings is 1. The van der Waals surface area contributed by atoms with Crippen molar-refractivity contribution in [1.82, 2.24) is 4.90 Å². The molecule has 2 fully saturated rings. The Labute approximate surface area is 189 Å². The van der Waals surface area contributed by atoms with Crippen LogP contribution in [0.3, 0.4) is 0 Å². The maximum atomic E-state index is 13.7. The van der Waals surface area contributed by atoms with Crippen LogP contribution in [-0.4, -0.2) is 50.8 Å². The molecule has 1 aliphatic carbocycles. The highest BCUT2D eigenvalue weighted by molar-refractivity contribution is 6.00. The molecule has 4 rings (SSSR count). The molecule has 2 aromatic carbocycles. The van der Waals surface area contributed by atoms with Crippen molar-refractivity contribution in [3.8, 4) is 28.7 Å². The molecule has 1 amide bonds. The highest BCUT2D eigenvalue weighted by Crippen LogP contribution is 2.52. The summed E-state index contributed by atoms with van der Waals surface area (Å²) in [7, 11) is 4.61. The van der Waals surface area contributed by atoms with Crippen LogP contribution in [0.15, 0.2) is 30.3 Å². The van der Waals surface area contributed by atoms with E-state index >= 15 is 0 Å². The van der Waals surface area contributed by atoms with Gasteiger partial charge in [0.05, 0.1) is 26.9 Å². The molecule has 1 saturated carbocycles. The Hall–Kier alpha value is -2.93. The molecule has 0 unspecified atom stereocenters. The zero-order chi connectivity index (χ0) is 22.7. The molecule has 1 spiro atoms. The maximum absolute atomic E-state index is 13.7. The second kappa shape index (κ2) is 9.28. The number of nitrogens with zero attached hydrogens (tertiary/aromatic N) is 1. The zero-order valence-electron chi connectivity index (χ0n) is 19.1. The summed E-state index contributed by atoms with van der Waals surface area (Å²) in [5.74, 6) is 2.07. The minimum absolute atomic E-state index is 0.00729. The first-order valence-electron chi connectivity index (χ1n) is 11.2. The van der Waals surface area contributed by atoms with Crippen molar-refractivity contribution in [2.75, 3.05) is 34.4 Å². The minimum Gasteiger partial charge on any atom is -0.492 e. The standard InChI is InChI=1S/C25H32N2O5/c1-29-21-19(24(28)27-15-5-4-11-25(27)12-13-25)16-20(22(30-2)23(21)31-3)32-18-8-6-17(7-9-18)10-14-26/h6-9,16H,4-5,10-15,26H2,1-3H3. The summed E-state index contributed by atoms with van der Waals surface area (Å²) in [5, 5.41) is 0. The lowest BCUT2D eigenvalue weighted by molar-refractivity contribution is 0.0569. The summed E-state index contributed by atoms with van der Waals surface area (Å²) >= 11 is 0. The van der Waals surface area contributed by atoms with Crippen molar-refractivity contribution < 1.29 is 23.7 Å². The van der Waals surface area contributed by atoms with Gasteiger partial charge >= 0.3 is 0 Å². The number of hydrogen-bond acceptors (Lipinski definition) is 6. The molecule has 2 N–H and O–H groups in total. The van der Waals surface area contributed by atoms with Gasteiger partial charge in [-0.3, -0.25) is 4.79 Å². The van der Waals surface area contributed by atoms with Gasteiger partial charge in [0.15, 0.2) is 11.5 Å². The first-order valence-corrected chi connectivity index (χ1v) is 11.2. The number of nitrogens with two attached hydrogens (primary N) is 1. The molecule has 0 bridgehead atoms. The summed E-state index contributed by atoms with van der Waals surface area (Å²) in [6.45, 7) is 1.35. The van der Waals surface area contributed by atoms with E-state index in [1.807, 2.05) is 29.2 Å². The quantitative estimate of drug-likeness (QED) is 0.664.